The lowest BCUT2D eigenvalue weighted by atomic mass is 10.1. The van der Waals surface area contributed by atoms with Crippen LogP contribution in [0.2, 0.25) is 0 Å². The van der Waals surface area contributed by atoms with Crippen molar-refractivity contribution in [3.05, 3.63) is 37.1 Å². The molecule has 0 bridgehead atoms. The molecule has 0 aliphatic carbocycles. The summed E-state index contributed by atoms with van der Waals surface area (Å²) >= 11 is 6.73. The zero-order valence-corrected chi connectivity index (χ0v) is 13.5. The molecule has 2 rings (SSSR count). The first-order valence-electron chi connectivity index (χ1n) is 5.87. The molecule has 0 atom stereocenters. The highest BCUT2D eigenvalue weighted by Crippen LogP contribution is 2.40. The van der Waals surface area contributed by atoms with Gasteiger partial charge in [-0.2, -0.15) is 0 Å². The Balaban J connectivity index is 2.59. The molecule has 0 radical (unpaired) electrons. The van der Waals surface area contributed by atoms with Gasteiger partial charge in [0.25, 0.3) is 0 Å². The number of aliphatic hydroxyl groups excluding tert-OH is 2. The van der Waals surface area contributed by atoms with Gasteiger partial charge in [-0.15, -0.1) is 0 Å². The Labute approximate surface area is 131 Å². The normalized spacial score (nSPS) is 11.0. The van der Waals surface area contributed by atoms with Crippen LogP contribution in [-0.2, 0) is 6.61 Å². The summed E-state index contributed by atoms with van der Waals surface area (Å²) in [5.74, 6) is 0.490. The third-order valence-corrected chi connectivity index (χ3v) is 4.00. The van der Waals surface area contributed by atoms with E-state index in [-0.39, 0.29) is 13.2 Å². The first kappa shape index (κ1) is 15.5. The smallest absolute Gasteiger partial charge is 0.336 e. The lowest BCUT2D eigenvalue weighted by molar-refractivity contribution is 0.232. The Bertz CT molecular complexity index is 680. The Kier molecular flexibility index (Phi) is 5.20. The van der Waals surface area contributed by atoms with E-state index >= 15 is 0 Å². The van der Waals surface area contributed by atoms with Gasteiger partial charge in [0.05, 0.1) is 17.7 Å². The zero-order valence-electron chi connectivity index (χ0n) is 10.4. The molecule has 1 heterocycles. The van der Waals surface area contributed by atoms with Crippen molar-refractivity contribution in [2.75, 3.05) is 13.2 Å². The van der Waals surface area contributed by atoms with Crippen molar-refractivity contribution in [1.82, 2.24) is 0 Å². The van der Waals surface area contributed by atoms with E-state index in [4.69, 9.17) is 14.3 Å². The molecular weight excluding hydrogens is 396 g/mol. The molecule has 1 aromatic heterocycles. The predicted octanol–water partition coefficient (Wildman–Crippen LogP) is 2.57. The number of rotatable bonds is 5. The monoisotopic (exact) mass is 406 g/mol. The number of hydrogen-bond acceptors (Lipinski definition) is 5. The summed E-state index contributed by atoms with van der Waals surface area (Å²) in [6.07, 6.45) is 0.498. The summed E-state index contributed by atoms with van der Waals surface area (Å²) in [7, 11) is 0. The molecule has 0 fully saturated rings. The van der Waals surface area contributed by atoms with Gasteiger partial charge in [0, 0.05) is 24.5 Å². The highest BCUT2D eigenvalue weighted by molar-refractivity contribution is 9.11. The summed E-state index contributed by atoms with van der Waals surface area (Å²) in [6, 6.07) is 2.98. The average molecular weight is 408 g/mol. The van der Waals surface area contributed by atoms with Crippen molar-refractivity contribution in [3.8, 4) is 5.75 Å². The van der Waals surface area contributed by atoms with Crippen LogP contribution in [-0.4, -0.2) is 23.4 Å². The van der Waals surface area contributed by atoms with Crippen molar-refractivity contribution in [1.29, 1.82) is 0 Å². The number of aliphatic hydroxyl groups is 2. The van der Waals surface area contributed by atoms with Crippen LogP contribution in [0.25, 0.3) is 11.0 Å². The number of ether oxygens (including phenoxy) is 1. The third kappa shape index (κ3) is 3.06. The van der Waals surface area contributed by atoms with Gasteiger partial charge in [0.2, 0.25) is 0 Å². The summed E-state index contributed by atoms with van der Waals surface area (Å²) in [5.41, 5.74) is 0.272. The minimum Gasteiger partial charge on any atom is -0.491 e. The second kappa shape index (κ2) is 6.71. The van der Waals surface area contributed by atoms with E-state index < -0.39 is 5.63 Å². The second-order valence-electron chi connectivity index (χ2n) is 4.05. The van der Waals surface area contributed by atoms with Gasteiger partial charge in [0.15, 0.2) is 11.3 Å². The van der Waals surface area contributed by atoms with Gasteiger partial charge in [-0.25, -0.2) is 4.79 Å². The molecule has 0 spiro atoms. The Morgan fingerprint density at radius 1 is 1.25 bits per heavy atom. The van der Waals surface area contributed by atoms with Crippen molar-refractivity contribution in [2.45, 2.75) is 13.0 Å². The Morgan fingerprint density at radius 2 is 2.00 bits per heavy atom. The maximum absolute atomic E-state index is 11.5. The van der Waals surface area contributed by atoms with E-state index in [9.17, 15) is 9.90 Å². The van der Waals surface area contributed by atoms with Crippen LogP contribution in [0, 0.1) is 0 Å². The van der Waals surface area contributed by atoms with E-state index in [1.54, 1.807) is 6.07 Å². The quantitative estimate of drug-likeness (QED) is 0.588. The lowest BCUT2D eigenvalue weighted by Gasteiger charge is -2.12. The summed E-state index contributed by atoms with van der Waals surface area (Å²) in [5, 5.41) is 18.7. The van der Waals surface area contributed by atoms with E-state index in [1.807, 2.05) is 0 Å². The maximum atomic E-state index is 11.5. The van der Waals surface area contributed by atoms with Crippen LogP contribution in [0.15, 0.2) is 30.3 Å². The largest absolute Gasteiger partial charge is 0.491 e. The van der Waals surface area contributed by atoms with E-state index in [0.29, 0.717) is 44.3 Å². The molecule has 0 aliphatic heterocycles. The number of halogens is 2. The Morgan fingerprint density at radius 3 is 2.65 bits per heavy atom. The predicted molar refractivity (Wildman–Crippen MR) is 81.0 cm³/mol. The molecular formula is C13H12Br2O5. The van der Waals surface area contributed by atoms with Crippen LogP contribution in [0.4, 0.5) is 0 Å². The van der Waals surface area contributed by atoms with Gasteiger partial charge in [0.1, 0.15) is 4.47 Å². The van der Waals surface area contributed by atoms with Crippen LogP contribution in [0.3, 0.4) is 0 Å². The summed E-state index contributed by atoms with van der Waals surface area (Å²) in [4.78, 5) is 11.5. The highest BCUT2D eigenvalue weighted by atomic mass is 79.9. The zero-order chi connectivity index (χ0) is 14.7. The fourth-order valence-electron chi connectivity index (χ4n) is 1.77. The molecule has 0 saturated carbocycles. The molecule has 108 valence electrons. The maximum Gasteiger partial charge on any atom is 0.336 e. The summed E-state index contributed by atoms with van der Waals surface area (Å²) in [6.45, 7) is 0.112. The number of fused-ring (bicyclic) bond motifs is 1. The van der Waals surface area contributed by atoms with Crippen LogP contribution < -0.4 is 10.4 Å². The van der Waals surface area contributed by atoms with Gasteiger partial charge in [-0.05, 0) is 43.5 Å². The van der Waals surface area contributed by atoms with Crippen molar-refractivity contribution < 1.29 is 19.4 Å². The minimum absolute atomic E-state index is 0.0343. The van der Waals surface area contributed by atoms with E-state index in [0.717, 1.165) is 0 Å². The highest BCUT2D eigenvalue weighted by Gasteiger charge is 2.16. The first-order valence-corrected chi connectivity index (χ1v) is 7.46. The average Bonchev–Trinajstić information content (AvgIpc) is 2.43. The molecule has 0 unspecified atom stereocenters. The molecule has 0 amide bonds. The first-order chi connectivity index (χ1) is 9.58. The third-order valence-electron chi connectivity index (χ3n) is 2.69. The van der Waals surface area contributed by atoms with Gasteiger partial charge >= 0.3 is 5.63 Å². The van der Waals surface area contributed by atoms with Crippen molar-refractivity contribution >= 4 is 42.8 Å². The lowest BCUT2D eigenvalue weighted by Crippen LogP contribution is -2.04. The number of benzene rings is 1. The molecule has 0 aliphatic rings. The van der Waals surface area contributed by atoms with E-state index in [1.165, 1.54) is 6.07 Å². The molecule has 7 heteroatoms. The van der Waals surface area contributed by atoms with Crippen LogP contribution >= 0.6 is 31.9 Å². The second-order valence-corrected chi connectivity index (χ2v) is 5.70. The Hall–Kier alpha value is -0.890. The van der Waals surface area contributed by atoms with Gasteiger partial charge in [-0.1, -0.05) is 0 Å². The van der Waals surface area contributed by atoms with Gasteiger partial charge in [-0.3, -0.25) is 0 Å². The van der Waals surface area contributed by atoms with Gasteiger partial charge < -0.3 is 19.4 Å². The van der Waals surface area contributed by atoms with Crippen LogP contribution in [0.5, 0.6) is 5.75 Å². The minimum atomic E-state index is -0.536. The van der Waals surface area contributed by atoms with Crippen molar-refractivity contribution in [2.24, 2.45) is 0 Å². The molecule has 5 nitrogen and oxygen atoms in total. The van der Waals surface area contributed by atoms with Crippen LogP contribution in [0.1, 0.15) is 12.0 Å². The SMILES string of the molecule is O=c1cc(CO)c2cc(Br)c(OCCCO)c(Br)c2o1. The number of hydrogen-bond donors (Lipinski definition) is 2. The molecule has 1 aromatic carbocycles. The fraction of sp³-hybridized carbons (Fsp3) is 0.308. The molecule has 20 heavy (non-hydrogen) atoms. The summed E-state index contributed by atoms with van der Waals surface area (Å²) < 4.78 is 11.9. The standard InChI is InChI=1S/C13H12Br2O5/c14-9-5-8-7(6-17)4-10(18)20-12(8)11(15)13(9)19-3-1-2-16/h4-5,16-17H,1-3,6H2. The fourth-order valence-corrected chi connectivity index (χ4v) is 3.20. The molecule has 0 saturated heterocycles. The topological polar surface area (TPSA) is 79.9 Å². The molecule has 2 aromatic rings. The van der Waals surface area contributed by atoms with Crippen molar-refractivity contribution in [3.63, 3.8) is 0 Å². The van der Waals surface area contributed by atoms with E-state index in [2.05, 4.69) is 31.9 Å². The molecule has 2 N–H and O–H groups in total.